The van der Waals surface area contributed by atoms with E-state index in [9.17, 15) is 9.00 Å². The zero-order valence-electron chi connectivity index (χ0n) is 26.6. The van der Waals surface area contributed by atoms with E-state index in [2.05, 4.69) is 61.4 Å². The smallest absolute Gasteiger partial charge is 0.261 e. The van der Waals surface area contributed by atoms with Gasteiger partial charge in [0.25, 0.3) is 5.56 Å². The molecule has 0 amide bonds. The number of ether oxygens (including phenoxy) is 1. The zero-order chi connectivity index (χ0) is 31.8. The number of pyridine rings is 2. The molecule has 2 N–H and O–H groups in total. The molecule has 2 aliphatic heterocycles. The maximum atomic E-state index is 14.2. The third kappa shape index (κ3) is 6.26. The molecule has 5 heterocycles. The molecule has 3 aromatic heterocycles. The van der Waals surface area contributed by atoms with Gasteiger partial charge in [-0.1, -0.05) is 0 Å². The lowest BCUT2D eigenvalue weighted by Crippen LogP contribution is -2.43. The summed E-state index contributed by atoms with van der Waals surface area (Å²) in [7, 11) is -2.40. The Morgan fingerprint density at radius 3 is 2.50 bits per heavy atom. The predicted molar refractivity (Wildman–Crippen MR) is 185 cm³/mol. The number of piperazine rings is 1. The molecule has 1 atom stereocenters. The summed E-state index contributed by atoms with van der Waals surface area (Å²) >= 11 is 0. The summed E-state index contributed by atoms with van der Waals surface area (Å²) in [5.74, 6) is 4.47. The second-order valence-electron chi connectivity index (χ2n) is 12.6. The van der Waals surface area contributed by atoms with Gasteiger partial charge in [-0.25, -0.2) is 4.98 Å². The van der Waals surface area contributed by atoms with E-state index in [0.29, 0.717) is 54.1 Å². The number of aryl methyl sites for hydroxylation is 2. The first-order chi connectivity index (χ1) is 22.3. The number of nitrogens with zero attached hydrogens (tertiary/aromatic N) is 6. The SMILES string of the molecule is C=S(=O)(c1cnc(-c2cc3cnc(Nc4ccc(N5CCNCC5)c(C)c4)nc3n(CCN3CCOCC3)c2=O)c(C)c1)C1CC1. The number of fused-ring (bicyclic) bond motifs is 1. The third-order valence-electron chi connectivity index (χ3n) is 9.25. The highest BCUT2D eigenvalue weighted by atomic mass is 32.2. The van der Waals surface area contributed by atoms with Crippen LogP contribution < -0.4 is 21.1 Å². The molecule has 1 aromatic carbocycles. The molecule has 46 heavy (non-hydrogen) atoms. The van der Waals surface area contributed by atoms with Crippen molar-refractivity contribution in [3.63, 3.8) is 0 Å². The van der Waals surface area contributed by atoms with E-state index in [-0.39, 0.29) is 10.8 Å². The molecule has 3 aliphatic rings. The summed E-state index contributed by atoms with van der Waals surface area (Å²) in [4.78, 5) is 33.8. The summed E-state index contributed by atoms with van der Waals surface area (Å²) in [6.07, 6.45) is 5.26. The van der Waals surface area contributed by atoms with Crippen LogP contribution in [-0.4, -0.2) is 98.8 Å². The molecule has 11 nitrogen and oxygen atoms in total. The molecule has 4 aromatic rings. The van der Waals surface area contributed by atoms with Crippen LogP contribution >= 0.6 is 0 Å². The zero-order valence-corrected chi connectivity index (χ0v) is 27.4. The summed E-state index contributed by atoms with van der Waals surface area (Å²) < 4.78 is 20.6. The number of morpholine rings is 1. The van der Waals surface area contributed by atoms with E-state index in [1.807, 2.05) is 19.1 Å². The first-order valence-corrected chi connectivity index (χ1v) is 17.9. The van der Waals surface area contributed by atoms with Crippen LogP contribution in [0.5, 0.6) is 0 Å². The highest BCUT2D eigenvalue weighted by Crippen LogP contribution is 2.34. The van der Waals surface area contributed by atoms with Crippen LogP contribution in [0.3, 0.4) is 0 Å². The van der Waals surface area contributed by atoms with Crippen LogP contribution in [0.15, 0.2) is 52.4 Å². The lowest BCUT2D eigenvalue weighted by Gasteiger charge is -2.30. The normalized spacial score (nSPS) is 18.9. The van der Waals surface area contributed by atoms with E-state index in [0.717, 1.165) is 68.7 Å². The minimum Gasteiger partial charge on any atom is -0.379 e. The minimum atomic E-state index is -2.40. The maximum Gasteiger partial charge on any atom is 0.261 e. The fourth-order valence-corrected chi connectivity index (χ4v) is 8.34. The van der Waals surface area contributed by atoms with Gasteiger partial charge in [-0.05, 0) is 74.0 Å². The fourth-order valence-electron chi connectivity index (χ4n) is 6.45. The molecule has 242 valence electrons. The summed E-state index contributed by atoms with van der Waals surface area (Å²) in [5, 5.41) is 7.64. The van der Waals surface area contributed by atoms with Crippen molar-refractivity contribution < 1.29 is 8.95 Å². The van der Waals surface area contributed by atoms with E-state index in [1.54, 1.807) is 17.0 Å². The average molecular weight is 643 g/mol. The molecule has 12 heteroatoms. The van der Waals surface area contributed by atoms with Crippen molar-refractivity contribution in [1.29, 1.82) is 0 Å². The molecule has 0 spiro atoms. The lowest BCUT2D eigenvalue weighted by atomic mass is 10.1. The van der Waals surface area contributed by atoms with Crippen LogP contribution in [0.1, 0.15) is 24.0 Å². The molecular weight excluding hydrogens is 600 g/mol. The minimum absolute atomic E-state index is 0.117. The molecule has 7 rings (SSSR count). The predicted octanol–water partition coefficient (Wildman–Crippen LogP) is 3.19. The van der Waals surface area contributed by atoms with Crippen molar-refractivity contribution >= 4 is 43.7 Å². The van der Waals surface area contributed by atoms with Gasteiger partial charge in [0.05, 0.1) is 24.5 Å². The summed E-state index contributed by atoms with van der Waals surface area (Å²) in [5.41, 5.74) is 5.55. The number of benzene rings is 1. The Labute approximate surface area is 270 Å². The fraction of sp³-hybridized carbons (Fsp3) is 0.441. The molecule has 0 radical (unpaired) electrons. The van der Waals surface area contributed by atoms with Crippen molar-refractivity contribution in [3.8, 4) is 11.3 Å². The Kier molecular flexibility index (Phi) is 8.53. The van der Waals surface area contributed by atoms with Crippen LogP contribution in [0, 0.1) is 13.8 Å². The van der Waals surface area contributed by atoms with Gasteiger partial charge in [0, 0.05) is 101 Å². The maximum absolute atomic E-state index is 14.2. The highest BCUT2D eigenvalue weighted by molar-refractivity contribution is 8.01. The molecule has 3 fully saturated rings. The second kappa shape index (κ2) is 12.7. The average Bonchev–Trinajstić information content (AvgIpc) is 3.92. The van der Waals surface area contributed by atoms with E-state index in [4.69, 9.17) is 9.72 Å². The number of hydrogen-bond donors (Lipinski definition) is 2. The van der Waals surface area contributed by atoms with E-state index >= 15 is 0 Å². The number of hydrogen-bond acceptors (Lipinski definition) is 10. The van der Waals surface area contributed by atoms with Crippen molar-refractivity contribution in [2.75, 3.05) is 69.2 Å². The Bertz CT molecular complexity index is 1930. The Balaban J connectivity index is 1.23. The first-order valence-electron chi connectivity index (χ1n) is 16.1. The van der Waals surface area contributed by atoms with Crippen molar-refractivity contribution in [2.24, 2.45) is 0 Å². The summed E-state index contributed by atoms with van der Waals surface area (Å²) in [6.45, 7) is 12.2. The van der Waals surface area contributed by atoms with Crippen LogP contribution in [0.25, 0.3) is 22.3 Å². The molecular formula is C34H42N8O3S. The van der Waals surface area contributed by atoms with E-state index in [1.165, 1.54) is 11.3 Å². The van der Waals surface area contributed by atoms with Crippen molar-refractivity contribution in [3.05, 3.63) is 64.2 Å². The number of aromatic nitrogens is 4. The lowest BCUT2D eigenvalue weighted by molar-refractivity contribution is 0.0364. The van der Waals surface area contributed by atoms with Gasteiger partial charge in [0.15, 0.2) is 0 Å². The first kappa shape index (κ1) is 30.8. The van der Waals surface area contributed by atoms with E-state index < -0.39 is 9.52 Å². The Morgan fingerprint density at radius 1 is 1.00 bits per heavy atom. The van der Waals surface area contributed by atoms with Gasteiger partial charge in [-0.15, -0.1) is 0 Å². The van der Waals surface area contributed by atoms with Crippen LogP contribution in [-0.2, 0) is 20.8 Å². The monoisotopic (exact) mass is 642 g/mol. The molecule has 2 saturated heterocycles. The largest absolute Gasteiger partial charge is 0.379 e. The van der Waals surface area contributed by atoms with Crippen molar-refractivity contribution in [2.45, 2.75) is 43.4 Å². The van der Waals surface area contributed by atoms with Gasteiger partial charge in [-0.3, -0.25) is 23.5 Å². The highest BCUT2D eigenvalue weighted by Gasteiger charge is 2.32. The number of nitrogens with one attached hydrogen (secondary N) is 2. The van der Waals surface area contributed by atoms with Gasteiger partial charge in [-0.2, -0.15) is 4.98 Å². The van der Waals surface area contributed by atoms with Gasteiger partial charge < -0.3 is 20.3 Å². The quantitative estimate of drug-likeness (QED) is 0.264. The van der Waals surface area contributed by atoms with Crippen LogP contribution in [0.2, 0.25) is 0 Å². The topological polar surface area (TPSA) is 118 Å². The molecule has 1 unspecified atom stereocenters. The Morgan fingerprint density at radius 2 is 1.78 bits per heavy atom. The van der Waals surface area contributed by atoms with Gasteiger partial charge >= 0.3 is 0 Å². The second-order valence-corrected chi connectivity index (χ2v) is 15.2. The Hall–Kier alpha value is -3.84. The van der Waals surface area contributed by atoms with Gasteiger partial charge in [0.1, 0.15) is 5.65 Å². The van der Waals surface area contributed by atoms with Crippen molar-refractivity contribution in [1.82, 2.24) is 29.7 Å². The standard InChI is InChI=1S/C34H42N8O3S/c1-23-18-26(4-7-30(23)41-10-8-35-9-11-41)38-34-37-21-25-20-29(31-24(2)19-28(22-36-31)46(3,44)27-5-6-27)33(43)42(32(25)39-34)13-12-40-14-16-45-17-15-40/h4,7,18-22,27,35H,3,5-6,8-17H2,1-2H3,(H,37,38,39). The van der Waals surface area contributed by atoms with Gasteiger partial charge in [0.2, 0.25) is 5.95 Å². The molecule has 1 aliphatic carbocycles. The number of rotatable bonds is 9. The molecule has 0 bridgehead atoms. The summed E-state index contributed by atoms with van der Waals surface area (Å²) in [6, 6.07) is 10.0. The molecule has 1 saturated carbocycles. The van der Waals surface area contributed by atoms with Crippen LogP contribution in [0.4, 0.5) is 17.3 Å². The third-order valence-corrected chi connectivity index (χ3v) is 11.8. The number of anilines is 3.